The Morgan fingerprint density at radius 3 is 2.56 bits per heavy atom. The molecule has 0 bridgehead atoms. The lowest BCUT2D eigenvalue weighted by Crippen LogP contribution is -2.32. The van der Waals surface area contributed by atoms with Crippen LogP contribution in [0.5, 0.6) is 23.0 Å². The Bertz CT molecular complexity index is 1070. The van der Waals surface area contributed by atoms with Gasteiger partial charge in [0.1, 0.15) is 11.5 Å². The normalized spacial score (nSPS) is 13.4. The van der Waals surface area contributed by atoms with Crippen molar-refractivity contribution in [1.82, 2.24) is 5.32 Å². The Labute approximate surface area is 188 Å². The van der Waals surface area contributed by atoms with E-state index in [1.54, 1.807) is 44.6 Å². The van der Waals surface area contributed by atoms with Gasteiger partial charge < -0.3 is 24.3 Å². The van der Waals surface area contributed by atoms with E-state index in [1.807, 2.05) is 13.0 Å². The van der Waals surface area contributed by atoms with Crippen molar-refractivity contribution >= 4 is 21.6 Å². The lowest BCUT2D eigenvalue weighted by molar-refractivity contribution is -0.121. The molecule has 0 saturated heterocycles. The Balaban J connectivity index is 1.61. The second-order valence-electron chi connectivity index (χ2n) is 7.37. The summed E-state index contributed by atoms with van der Waals surface area (Å²) in [5.41, 5.74) is 1.25. The number of ether oxygens (including phenoxy) is 4. The number of hydrogen-bond acceptors (Lipinski definition) is 7. The highest BCUT2D eigenvalue weighted by Gasteiger charge is 2.22. The number of rotatable bonds is 10. The average molecular weight is 465 g/mol. The standard InChI is InChI=1S/C22H28N2O7S/c1-15(18-13-17(28-2)8-10-19(18)29-3)23-22(25)6-5-11-24(32(4,26)27)16-7-9-20-21(12-16)31-14-30-20/h7-10,12-13,15H,5-6,11,14H2,1-4H3,(H,23,25)/t15-/m0/s1. The Morgan fingerprint density at radius 1 is 1.12 bits per heavy atom. The summed E-state index contributed by atoms with van der Waals surface area (Å²) in [4.78, 5) is 12.5. The first-order valence-electron chi connectivity index (χ1n) is 10.1. The topological polar surface area (TPSA) is 103 Å². The van der Waals surface area contributed by atoms with Crippen LogP contribution < -0.4 is 28.6 Å². The van der Waals surface area contributed by atoms with Crippen molar-refractivity contribution in [1.29, 1.82) is 0 Å². The summed E-state index contributed by atoms with van der Waals surface area (Å²) in [5.74, 6) is 2.18. The number of carbonyl (C=O) groups is 1. The molecule has 0 radical (unpaired) electrons. The van der Waals surface area contributed by atoms with Crippen molar-refractivity contribution < 1.29 is 32.2 Å². The highest BCUT2D eigenvalue weighted by molar-refractivity contribution is 7.92. The fourth-order valence-electron chi connectivity index (χ4n) is 3.48. The molecule has 9 nitrogen and oxygen atoms in total. The summed E-state index contributed by atoms with van der Waals surface area (Å²) >= 11 is 0. The van der Waals surface area contributed by atoms with E-state index in [9.17, 15) is 13.2 Å². The first-order valence-corrected chi connectivity index (χ1v) is 12.0. The number of methoxy groups -OCH3 is 2. The number of benzene rings is 2. The maximum absolute atomic E-state index is 12.5. The maximum Gasteiger partial charge on any atom is 0.232 e. The van der Waals surface area contributed by atoms with E-state index in [0.29, 0.717) is 35.1 Å². The van der Waals surface area contributed by atoms with Crippen LogP contribution in [0.1, 0.15) is 31.4 Å². The fourth-order valence-corrected chi connectivity index (χ4v) is 4.44. The second-order valence-corrected chi connectivity index (χ2v) is 9.28. The number of nitrogens with zero attached hydrogens (tertiary/aromatic N) is 1. The molecular formula is C22H28N2O7S. The Hall–Kier alpha value is -3.14. The smallest absolute Gasteiger partial charge is 0.232 e. The van der Waals surface area contributed by atoms with E-state index < -0.39 is 10.0 Å². The van der Waals surface area contributed by atoms with Crippen LogP contribution in [0.2, 0.25) is 0 Å². The number of anilines is 1. The van der Waals surface area contributed by atoms with E-state index in [-0.39, 0.29) is 31.7 Å². The summed E-state index contributed by atoms with van der Waals surface area (Å²) in [6.45, 7) is 2.11. The minimum Gasteiger partial charge on any atom is -0.497 e. The van der Waals surface area contributed by atoms with E-state index in [2.05, 4.69) is 5.32 Å². The summed E-state index contributed by atoms with van der Waals surface area (Å²) in [6, 6.07) is 10.0. The highest BCUT2D eigenvalue weighted by atomic mass is 32.2. The van der Waals surface area contributed by atoms with Crippen molar-refractivity contribution in [2.45, 2.75) is 25.8 Å². The highest BCUT2D eigenvalue weighted by Crippen LogP contribution is 2.36. The van der Waals surface area contributed by atoms with E-state index in [0.717, 1.165) is 11.8 Å². The van der Waals surface area contributed by atoms with E-state index in [1.165, 1.54) is 4.31 Å². The van der Waals surface area contributed by atoms with Crippen LogP contribution in [0.3, 0.4) is 0 Å². The van der Waals surface area contributed by atoms with Gasteiger partial charge in [0.2, 0.25) is 22.7 Å². The first-order chi connectivity index (χ1) is 15.2. The molecule has 0 spiro atoms. The van der Waals surface area contributed by atoms with Crippen LogP contribution in [-0.4, -0.2) is 48.1 Å². The largest absolute Gasteiger partial charge is 0.497 e. The van der Waals surface area contributed by atoms with Gasteiger partial charge in [-0.1, -0.05) is 0 Å². The fraction of sp³-hybridized carbons (Fsp3) is 0.409. The van der Waals surface area contributed by atoms with Crippen LogP contribution >= 0.6 is 0 Å². The number of fused-ring (bicyclic) bond motifs is 1. The zero-order chi connectivity index (χ0) is 23.3. The van der Waals surface area contributed by atoms with Gasteiger partial charge in [-0.15, -0.1) is 0 Å². The van der Waals surface area contributed by atoms with Crippen LogP contribution in [-0.2, 0) is 14.8 Å². The molecule has 0 unspecified atom stereocenters. The summed E-state index contributed by atoms with van der Waals surface area (Å²) < 4.78 is 47.2. The third-order valence-electron chi connectivity index (χ3n) is 5.09. The van der Waals surface area contributed by atoms with Gasteiger partial charge in [0.05, 0.1) is 32.2 Å². The van der Waals surface area contributed by atoms with Gasteiger partial charge in [-0.05, 0) is 43.7 Å². The molecule has 1 heterocycles. The van der Waals surface area contributed by atoms with Crippen molar-refractivity contribution in [3.63, 3.8) is 0 Å². The number of hydrogen-bond donors (Lipinski definition) is 1. The molecule has 10 heteroatoms. The predicted octanol–water partition coefficient (Wildman–Crippen LogP) is 2.86. The molecule has 0 aliphatic carbocycles. The summed E-state index contributed by atoms with van der Waals surface area (Å²) in [6.07, 6.45) is 1.64. The van der Waals surface area contributed by atoms with Gasteiger partial charge in [-0.3, -0.25) is 9.10 Å². The van der Waals surface area contributed by atoms with Crippen LogP contribution in [0.25, 0.3) is 0 Å². The van der Waals surface area contributed by atoms with Crippen LogP contribution in [0, 0.1) is 0 Å². The molecule has 0 fully saturated rings. The van der Waals surface area contributed by atoms with Crippen molar-refractivity contribution in [3.8, 4) is 23.0 Å². The lowest BCUT2D eigenvalue weighted by Gasteiger charge is -2.23. The first kappa shape index (κ1) is 23.5. The maximum atomic E-state index is 12.5. The van der Waals surface area contributed by atoms with Crippen LogP contribution in [0.15, 0.2) is 36.4 Å². The molecule has 1 aliphatic rings. The molecule has 1 N–H and O–H groups in total. The Kier molecular flexibility index (Phi) is 7.34. The van der Waals surface area contributed by atoms with E-state index >= 15 is 0 Å². The van der Waals surface area contributed by atoms with Gasteiger partial charge >= 0.3 is 0 Å². The number of amides is 1. The average Bonchev–Trinajstić information content (AvgIpc) is 3.23. The molecule has 174 valence electrons. The lowest BCUT2D eigenvalue weighted by atomic mass is 10.1. The summed E-state index contributed by atoms with van der Waals surface area (Å²) in [7, 11) is -0.404. The zero-order valence-electron chi connectivity index (χ0n) is 18.6. The van der Waals surface area contributed by atoms with Crippen molar-refractivity contribution in [2.24, 2.45) is 0 Å². The number of carbonyl (C=O) groups excluding carboxylic acids is 1. The van der Waals surface area contributed by atoms with Crippen molar-refractivity contribution in [2.75, 3.05) is 38.1 Å². The molecule has 0 saturated carbocycles. The minimum absolute atomic E-state index is 0.105. The molecule has 1 aliphatic heterocycles. The van der Waals surface area contributed by atoms with Crippen molar-refractivity contribution in [3.05, 3.63) is 42.0 Å². The SMILES string of the molecule is COc1ccc(OC)c([C@H](C)NC(=O)CCCN(c2ccc3c(c2)OCO3)S(C)(=O)=O)c1. The summed E-state index contributed by atoms with van der Waals surface area (Å²) in [5, 5.41) is 2.93. The quantitative estimate of drug-likeness (QED) is 0.577. The molecule has 1 atom stereocenters. The zero-order valence-corrected chi connectivity index (χ0v) is 19.4. The van der Waals surface area contributed by atoms with Gasteiger partial charge in [-0.2, -0.15) is 0 Å². The molecule has 1 amide bonds. The minimum atomic E-state index is -3.54. The van der Waals surface area contributed by atoms with Gasteiger partial charge in [0.25, 0.3) is 0 Å². The molecule has 2 aromatic carbocycles. The molecule has 32 heavy (non-hydrogen) atoms. The van der Waals surface area contributed by atoms with Gasteiger partial charge in [0, 0.05) is 24.6 Å². The molecule has 2 aromatic rings. The monoisotopic (exact) mass is 464 g/mol. The number of nitrogens with one attached hydrogen (secondary N) is 1. The molecule has 0 aromatic heterocycles. The third kappa shape index (κ3) is 5.56. The predicted molar refractivity (Wildman–Crippen MR) is 120 cm³/mol. The number of sulfonamides is 1. The molecular weight excluding hydrogens is 436 g/mol. The second kappa shape index (κ2) is 9.99. The van der Waals surface area contributed by atoms with E-state index in [4.69, 9.17) is 18.9 Å². The van der Waals surface area contributed by atoms with Gasteiger partial charge in [-0.25, -0.2) is 8.42 Å². The van der Waals surface area contributed by atoms with Gasteiger partial charge in [0.15, 0.2) is 11.5 Å². The Morgan fingerprint density at radius 2 is 1.88 bits per heavy atom. The third-order valence-corrected chi connectivity index (χ3v) is 6.28. The molecule has 3 rings (SSSR count). The van der Waals surface area contributed by atoms with Crippen LogP contribution in [0.4, 0.5) is 5.69 Å².